The van der Waals surface area contributed by atoms with E-state index in [-0.39, 0.29) is 11.7 Å². The summed E-state index contributed by atoms with van der Waals surface area (Å²) in [4.78, 5) is 29.7. The monoisotopic (exact) mass is 367 g/mol. The molecule has 2 aromatic heterocycles. The fourth-order valence-corrected chi connectivity index (χ4v) is 4.15. The van der Waals surface area contributed by atoms with E-state index in [1.807, 2.05) is 23.4 Å². The Hall–Kier alpha value is -2.54. The molecule has 2 aliphatic heterocycles. The van der Waals surface area contributed by atoms with Gasteiger partial charge in [-0.2, -0.15) is 0 Å². The molecule has 0 aromatic carbocycles. The number of rotatable bonds is 4. The highest BCUT2D eigenvalue weighted by Gasteiger charge is 2.37. The Morgan fingerprint density at radius 2 is 1.85 bits per heavy atom. The van der Waals surface area contributed by atoms with E-state index in [1.54, 1.807) is 19.5 Å². The molecule has 0 N–H and O–H groups in total. The van der Waals surface area contributed by atoms with Crippen molar-refractivity contribution in [3.63, 3.8) is 0 Å². The van der Waals surface area contributed by atoms with Crippen molar-refractivity contribution < 1.29 is 9.53 Å². The molecular weight excluding hydrogens is 342 g/mol. The van der Waals surface area contributed by atoms with Crippen LogP contribution in [0.4, 0.5) is 0 Å². The predicted molar refractivity (Wildman–Crippen MR) is 100 cm³/mol. The van der Waals surface area contributed by atoms with Gasteiger partial charge in [0.05, 0.1) is 19.5 Å². The Morgan fingerprint density at radius 3 is 2.44 bits per heavy atom. The summed E-state index contributed by atoms with van der Waals surface area (Å²) in [7, 11) is 1.56. The molecule has 1 amide bonds. The number of ether oxygens (including phenoxy) is 1. The third-order valence-corrected chi connectivity index (χ3v) is 5.68. The quantitative estimate of drug-likeness (QED) is 0.821. The first-order valence-electron chi connectivity index (χ1n) is 9.49. The fourth-order valence-electron chi connectivity index (χ4n) is 4.15. The second-order valence-corrected chi connectivity index (χ2v) is 7.39. The number of carbonyl (C=O) groups is 1. The van der Waals surface area contributed by atoms with Gasteiger partial charge in [0.15, 0.2) is 5.75 Å². The number of hydrogen-bond donors (Lipinski definition) is 0. The SMILES string of the molecule is COc1cnc(C(=O)N2C[C@H]3CCN(Cc4cccnc4)CC[C@H]3C2)nc1. The third-order valence-electron chi connectivity index (χ3n) is 5.68. The predicted octanol–water partition coefficient (Wildman–Crippen LogP) is 1.86. The summed E-state index contributed by atoms with van der Waals surface area (Å²) in [5.74, 6) is 1.87. The van der Waals surface area contributed by atoms with E-state index in [1.165, 1.54) is 5.56 Å². The van der Waals surface area contributed by atoms with Crippen LogP contribution < -0.4 is 4.74 Å². The zero-order valence-electron chi connectivity index (χ0n) is 15.6. The van der Waals surface area contributed by atoms with Crippen molar-refractivity contribution in [1.29, 1.82) is 0 Å². The molecule has 2 saturated heterocycles. The molecule has 2 atom stereocenters. The van der Waals surface area contributed by atoms with Gasteiger partial charge in [-0.25, -0.2) is 9.97 Å². The molecule has 4 heterocycles. The minimum absolute atomic E-state index is 0.0713. The lowest BCUT2D eigenvalue weighted by molar-refractivity contribution is 0.0767. The van der Waals surface area contributed by atoms with Crippen LogP contribution in [0.15, 0.2) is 36.9 Å². The first kappa shape index (κ1) is 17.9. The lowest BCUT2D eigenvalue weighted by atomic mass is 9.92. The lowest BCUT2D eigenvalue weighted by Gasteiger charge is -2.21. The van der Waals surface area contributed by atoms with Crippen LogP contribution in [0.3, 0.4) is 0 Å². The molecule has 2 fully saturated rings. The lowest BCUT2D eigenvalue weighted by Crippen LogP contribution is -2.32. The van der Waals surface area contributed by atoms with Crippen LogP contribution in [0.5, 0.6) is 5.75 Å². The second kappa shape index (κ2) is 8.00. The molecule has 0 bridgehead atoms. The van der Waals surface area contributed by atoms with Gasteiger partial charge in [-0.1, -0.05) is 6.07 Å². The molecule has 0 saturated carbocycles. The van der Waals surface area contributed by atoms with Crippen LogP contribution in [0, 0.1) is 11.8 Å². The normalized spacial score (nSPS) is 22.9. The van der Waals surface area contributed by atoms with Crippen LogP contribution >= 0.6 is 0 Å². The minimum atomic E-state index is -0.0713. The zero-order chi connectivity index (χ0) is 18.6. The van der Waals surface area contributed by atoms with Crippen LogP contribution in [-0.2, 0) is 6.54 Å². The highest BCUT2D eigenvalue weighted by molar-refractivity contribution is 5.90. The fraction of sp³-hybridized carbons (Fsp3) is 0.500. The van der Waals surface area contributed by atoms with Gasteiger partial charge >= 0.3 is 0 Å². The van der Waals surface area contributed by atoms with Gasteiger partial charge in [0.25, 0.3) is 5.91 Å². The number of nitrogens with zero attached hydrogens (tertiary/aromatic N) is 5. The van der Waals surface area contributed by atoms with Gasteiger partial charge in [0, 0.05) is 32.0 Å². The van der Waals surface area contributed by atoms with Crippen molar-refractivity contribution in [3.05, 3.63) is 48.3 Å². The summed E-state index contributed by atoms with van der Waals surface area (Å²) in [5.41, 5.74) is 1.26. The standard InChI is InChI=1S/C20H25N5O2/c1-27-18-10-22-19(23-11-18)20(26)25-13-16-4-7-24(8-5-17(16)14-25)12-15-3-2-6-21-9-15/h2-3,6,9-11,16-17H,4-5,7-8,12-14H2,1H3/t16-,17+. The highest BCUT2D eigenvalue weighted by Crippen LogP contribution is 2.32. The average Bonchev–Trinajstić information content (AvgIpc) is 3.04. The third kappa shape index (κ3) is 4.08. The molecule has 7 heteroatoms. The number of hydrogen-bond acceptors (Lipinski definition) is 6. The van der Waals surface area contributed by atoms with Crippen LogP contribution in [-0.4, -0.2) is 63.9 Å². The number of amides is 1. The first-order chi connectivity index (χ1) is 13.2. The van der Waals surface area contributed by atoms with Crippen molar-refractivity contribution >= 4 is 5.91 Å². The second-order valence-electron chi connectivity index (χ2n) is 7.39. The van der Waals surface area contributed by atoms with Crippen molar-refractivity contribution in [2.75, 3.05) is 33.3 Å². The summed E-state index contributed by atoms with van der Waals surface area (Å²) in [6, 6.07) is 4.13. The van der Waals surface area contributed by atoms with Gasteiger partial charge in [-0.15, -0.1) is 0 Å². The Labute approximate surface area is 159 Å². The maximum Gasteiger partial charge on any atom is 0.291 e. The first-order valence-corrected chi connectivity index (χ1v) is 9.49. The molecule has 0 radical (unpaired) electrons. The van der Waals surface area contributed by atoms with E-state index in [0.717, 1.165) is 45.6 Å². The topological polar surface area (TPSA) is 71.5 Å². The molecule has 4 rings (SSSR count). The van der Waals surface area contributed by atoms with Crippen LogP contribution in [0.1, 0.15) is 29.0 Å². The molecular formula is C20H25N5O2. The number of carbonyl (C=O) groups excluding carboxylic acids is 1. The Bertz CT molecular complexity index is 752. The molecule has 7 nitrogen and oxygen atoms in total. The number of likely N-dealkylation sites (tertiary alicyclic amines) is 2. The highest BCUT2D eigenvalue weighted by atomic mass is 16.5. The average molecular weight is 367 g/mol. The zero-order valence-corrected chi connectivity index (χ0v) is 15.6. The smallest absolute Gasteiger partial charge is 0.291 e. The van der Waals surface area contributed by atoms with Gasteiger partial charge in [0.1, 0.15) is 0 Å². The van der Waals surface area contributed by atoms with E-state index < -0.39 is 0 Å². The van der Waals surface area contributed by atoms with Crippen LogP contribution in [0.2, 0.25) is 0 Å². The maximum absolute atomic E-state index is 12.7. The number of aromatic nitrogens is 3. The van der Waals surface area contributed by atoms with Gasteiger partial charge < -0.3 is 9.64 Å². The van der Waals surface area contributed by atoms with E-state index in [9.17, 15) is 4.79 Å². The summed E-state index contributed by atoms with van der Waals surface area (Å²) in [5, 5.41) is 0. The van der Waals surface area contributed by atoms with E-state index in [2.05, 4.69) is 25.9 Å². The molecule has 2 aliphatic rings. The molecule has 0 aliphatic carbocycles. The Morgan fingerprint density at radius 1 is 1.15 bits per heavy atom. The summed E-state index contributed by atoms with van der Waals surface area (Å²) < 4.78 is 5.06. The minimum Gasteiger partial charge on any atom is -0.494 e. The van der Waals surface area contributed by atoms with Gasteiger partial charge in [-0.05, 0) is 49.4 Å². The molecule has 2 aromatic rings. The van der Waals surface area contributed by atoms with Crippen molar-refractivity contribution in [2.24, 2.45) is 11.8 Å². The molecule has 0 unspecified atom stereocenters. The van der Waals surface area contributed by atoms with E-state index in [4.69, 9.17) is 4.74 Å². The van der Waals surface area contributed by atoms with Gasteiger partial charge in [0.2, 0.25) is 5.82 Å². The Balaban J connectivity index is 1.34. The molecule has 142 valence electrons. The van der Waals surface area contributed by atoms with Crippen molar-refractivity contribution in [3.8, 4) is 5.75 Å². The number of pyridine rings is 1. The van der Waals surface area contributed by atoms with Crippen LogP contribution in [0.25, 0.3) is 0 Å². The number of fused-ring (bicyclic) bond motifs is 1. The molecule has 27 heavy (non-hydrogen) atoms. The molecule has 0 spiro atoms. The van der Waals surface area contributed by atoms with E-state index in [0.29, 0.717) is 17.6 Å². The number of methoxy groups -OCH3 is 1. The van der Waals surface area contributed by atoms with Gasteiger partial charge in [-0.3, -0.25) is 14.7 Å². The summed E-state index contributed by atoms with van der Waals surface area (Å²) in [6.07, 6.45) is 9.10. The maximum atomic E-state index is 12.7. The Kier molecular flexibility index (Phi) is 5.29. The van der Waals surface area contributed by atoms with Crippen molar-refractivity contribution in [2.45, 2.75) is 19.4 Å². The van der Waals surface area contributed by atoms with Crippen molar-refractivity contribution in [1.82, 2.24) is 24.8 Å². The summed E-state index contributed by atoms with van der Waals surface area (Å²) in [6.45, 7) is 4.70. The van der Waals surface area contributed by atoms with E-state index >= 15 is 0 Å². The summed E-state index contributed by atoms with van der Waals surface area (Å²) >= 11 is 0. The largest absolute Gasteiger partial charge is 0.494 e.